The molecule has 0 N–H and O–H groups in total. The van der Waals surface area contributed by atoms with Crippen LogP contribution in [0.5, 0.6) is 11.5 Å². The summed E-state index contributed by atoms with van der Waals surface area (Å²) in [6.07, 6.45) is 4.19. The molecule has 2 aromatic carbocycles. The van der Waals surface area contributed by atoms with Gasteiger partial charge in [-0.3, -0.25) is 4.98 Å². The van der Waals surface area contributed by atoms with Crippen LogP contribution >= 0.6 is 0 Å². The maximum absolute atomic E-state index is 11.9. The fraction of sp³-hybridized carbons (Fsp3) is 0.150. The largest absolute Gasteiger partial charge is 0.486 e. The third kappa shape index (κ3) is 3.64. The maximum atomic E-state index is 11.9. The molecule has 0 aliphatic carbocycles. The number of esters is 1. The molecule has 0 fully saturated rings. The van der Waals surface area contributed by atoms with Crippen LogP contribution in [0, 0.1) is 0 Å². The molecule has 26 heavy (non-hydrogen) atoms. The average molecular weight is 348 g/mol. The van der Waals surface area contributed by atoms with Crippen LogP contribution in [0.4, 0.5) is 0 Å². The van der Waals surface area contributed by atoms with Crippen molar-refractivity contribution in [2.24, 2.45) is 0 Å². The molecule has 1 unspecified atom stereocenters. The molecule has 6 heteroatoms. The summed E-state index contributed by atoms with van der Waals surface area (Å²) in [4.78, 5) is 20.6. The summed E-state index contributed by atoms with van der Waals surface area (Å²) in [6, 6.07) is 15.0. The van der Waals surface area contributed by atoms with Crippen LogP contribution in [0.25, 0.3) is 17.1 Å². The van der Waals surface area contributed by atoms with Crippen LogP contribution in [0.2, 0.25) is 0 Å². The highest BCUT2D eigenvalue weighted by Gasteiger charge is 2.21. The Bertz CT molecular complexity index is 971. The molecular weight excluding hydrogens is 332 g/mol. The van der Waals surface area contributed by atoms with Crippen LogP contribution in [0.15, 0.2) is 60.8 Å². The van der Waals surface area contributed by atoms with Crippen molar-refractivity contribution < 1.29 is 19.0 Å². The van der Waals surface area contributed by atoms with Crippen LogP contribution in [-0.2, 0) is 9.53 Å². The number of ether oxygens (including phenoxy) is 3. The molecule has 3 aromatic rings. The van der Waals surface area contributed by atoms with Gasteiger partial charge in [0.05, 0.1) is 22.9 Å². The van der Waals surface area contributed by atoms with Gasteiger partial charge in [-0.05, 0) is 30.3 Å². The predicted octanol–water partition coefficient (Wildman–Crippen LogP) is 3.03. The van der Waals surface area contributed by atoms with E-state index in [1.807, 2.05) is 48.5 Å². The SMILES string of the molecule is O=C(/C=C/c1cnc2ccccc2n1)OCC1COc2ccccc2O1. The molecule has 1 aliphatic rings. The quantitative estimate of drug-likeness (QED) is 0.533. The zero-order valence-electron chi connectivity index (χ0n) is 13.9. The molecule has 4 rings (SSSR count). The van der Waals surface area contributed by atoms with Crippen molar-refractivity contribution in [1.82, 2.24) is 9.97 Å². The molecule has 6 nitrogen and oxygen atoms in total. The van der Waals surface area contributed by atoms with Gasteiger partial charge in [0.15, 0.2) is 17.6 Å². The summed E-state index contributed by atoms with van der Waals surface area (Å²) < 4.78 is 16.6. The minimum Gasteiger partial charge on any atom is -0.486 e. The lowest BCUT2D eigenvalue weighted by Crippen LogP contribution is -2.34. The zero-order chi connectivity index (χ0) is 17.8. The number of fused-ring (bicyclic) bond motifs is 2. The number of carbonyl (C=O) groups is 1. The summed E-state index contributed by atoms with van der Waals surface area (Å²) in [5, 5.41) is 0. The molecule has 0 spiro atoms. The first kappa shape index (κ1) is 16.1. The van der Waals surface area contributed by atoms with Crippen molar-refractivity contribution >= 4 is 23.1 Å². The van der Waals surface area contributed by atoms with Crippen LogP contribution in [-0.4, -0.2) is 35.3 Å². The monoisotopic (exact) mass is 348 g/mol. The number of aromatic nitrogens is 2. The lowest BCUT2D eigenvalue weighted by molar-refractivity contribution is -0.140. The number of rotatable bonds is 4. The van der Waals surface area contributed by atoms with E-state index in [1.54, 1.807) is 12.3 Å². The van der Waals surface area contributed by atoms with E-state index < -0.39 is 5.97 Å². The van der Waals surface area contributed by atoms with E-state index in [1.165, 1.54) is 6.08 Å². The summed E-state index contributed by atoms with van der Waals surface area (Å²) in [6.45, 7) is 0.449. The van der Waals surface area contributed by atoms with E-state index in [9.17, 15) is 4.79 Å². The van der Waals surface area contributed by atoms with Gasteiger partial charge >= 0.3 is 5.97 Å². The fourth-order valence-corrected chi connectivity index (χ4v) is 2.57. The first-order valence-corrected chi connectivity index (χ1v) is 8.23. The van der Waals surface area contributed by atoms with E-state index in [2.05, 4.69) is 9.97 Å². The molecule has 0 saturated carbocycles. The second-order valence-corrected chi connectivity index (χ2v) is 5.74. The molecule has 130 valence electrons. The Morgan fingerprint density at radius 3 is 2.77 bits per heavy atom. The fourth-order valence-electron chi connectivity index (χ4n) is 2.57. The predicted molar refractivity (Wildman–Crippen MR) is 95.9 cm³/mol. The molecule has 0 radical (unpaired) electrons. The number of benzene rings is 2. The Morgan fingerprint density at radius 2 is 1.88 bits per heavy atom. The Morgan fingerprint density at radius 1 is 1.12 bits per heavy atom. The minimum absolute atomic E-state index is 0.112. The summed E-state index contributed by atoms with van der Waals surface area (Å²) in [5.74, 6) is 0.883. The lowest BCUT2D eigenvalue weighted by Gasteiger charge is -2.25. The van der Waals surface area contributed by atoms with Crippen LogP contribution < -0.4 is 9.47 Å². The van der Waals surface area contributed by atoms with Gasteiger partial charge in [0.2, 0.25) is 0 Å². The van der Waals surface area contributed by atoms with Gasteiger partial charge in [0.1, 0.15) is 13.2 Å². The highest BCUT2D eigenvalue weighted by molar-refractivity contribution is 5.87. The molecule has 0 saturated heterocycles. The van der Waals surface area contributed by atoms with Crippen molar-refractivity contribution in [3.8, 4) is 11.5 Å². The van der Waals surface area contributed by atoms with Crippen molar-refractivity contribution in [1.29, 1.82) is 0 Å². The van der Waals surface area contributed by atoms with E-state index in [0.717, 1.165) is 11.0 Å². The number of carbonyl (C=O) groups excluding carboxylic acids is 1. The Hall–Kier alpha value is -3.41. The van der Waals surface area contributed by atoms with E-state index in [-0.39, 0.29) is 12.7 Å². The second-order valence-electron chi connectivity index (χ2n) is 5.74. The number of nitrogens with zero attached hydrogens (tertiary/aromatic N) is 2. The molecule has 0 bridgehead atoms. The van der Waals surface area contributed by atoms with Crippen molar-refractivity contribution in [2.45, 2.75) is 6.10 Å². The lowest BCUT2D eigenvalue weighted by atomic mass is 10.2. The van der Waals surface area contributed by atoms with Crippen molar-refractivity contribution in [3.05, 3.63) is 66.5 Å². The highest BCUT2D eigenvalue weighted by Crippen LogP contribution is 2.30. The molecular formula is C20H16N2O4. The van der Waals surface area contributed by atoms with E-state index in [4.69, 9.17) is 14.2 Å². The Balaban J connectivity index is 1.33. The summed E-state index contributed by atoms with van der Waals surface area (Å²) >= 11 is 0. The smallest absolute Gasteiger partial charge is 0.330 e. The normalized spacial score (nSPS) is 15.9. The Labute approximate surface area is 150 Å². The summed E-state index contributed by atoms with van der Waals surface area (Å²) in [5.41, 5.74) is 2.17. The second kappa shape index (κ2) is 7.23. The molecule has 1 atom stereocenters. The molecule has 1 aliphatic heterocycles. The van der Waals surface area contributed by atoms with Crippen LogP contribution in [0.3, 0.4) is 0 Å². The van der Waals surface area contributed by atoms with Gasteiger partial charge in [0.25, 0.3) is 0 Å². The number of hydrogen-bond donors (Lipinski definition) is 0. The summed E-state index contributed by atoms with van der Waals surface area (Å²) in [7, 11) is 0. The van der Waals surface area contributed by atoms with Gasteiger partial charge in [-0.25, -0.2) is 9.78 Å². The third-order valence-electron chi connectivity index (χ3n) is 3.84. The molecule has 2 heterocycles. The van der Waals surface area contributed by atoms with Gasteiger partial charge in [-0.2, -0.15) is 0 Å². The number of hydrogen-bond acceptors (Lipinski definition) is 6. The third-order valence-corrected chi connectivity index (χ3v) is 3.84. The average Bonchev–Trinajstić information content (AvgIpc) is 2.70. The molecule has 0 amide bonds. The van der Waals surface area contributed by atoms with Crippen molar-refractivity contribution in [3.63, 3.8) is 0 Å². The van der Waals surface area contributed by atoms with Crippen molar-refractivity contribution in [2.75, 3.05) is 13.2 Å². The topological polar surface area (TPSA) is 70.5 Å². The Kier molecular flexibility index (Phi) is 4.47. The van der Waals surface area contributed by atoms with E-state index in [0.29, 0.717) is 23.8 Å². The van der Waals surface area contributed by atoms with Gasteiger partial charge < -0.3 is 14.2 Å². The minimum atomic E-state index is -0.470. The first-order chi connectivity index (χ1) is 12.8. The standard InChI is InChI=1S/C20H16N2O4/c23-20(10-9-14-11-21-16-5-1-2-6-17(16)22-14)25-13-15-12-24-18-7-3-4-8-19(18)26-15/h1-11,15H,12-13H2/b10-9+. The number of para-hydroxylation sites is 4. The van der Waals surface area contributed by atoms with Gasteiger partial charge in [0, 0.05) is 6.08 Å². The van der Waals surface area contributed by atoms with E-state index >= 15 is 0 Å². The van der Waals surface area contributed by atoms with Gasteiger partial charge in [-0.1, -0.05) is 24.3 Å². The first-order valence-electron chi connectivity index (χ1n) is 8.23. The van der Waals surface area contributed by atoms with Gasteiger partial charge in [-0.15, -0.1) is 0 Å². The maximum Gasteiger partial charge on any atom is 0.330 e. The zero-order valence-corrected chi connectivity index (χ0v) is 13.9. The van der Waals surface area contributed by atoms with Crippen LogP contribution in [0.1, 0.15) is 5.69 Å². The molecule has 1 aromatic heterocycles. The highest BCUT2D eigenvalue weighted by atomic mass is 16.6.